The van der Waals surface area contributed by atoms with Crippen LogP contribution >= 0.6 is 0 Å². The molecule has 1 aromatic heterocycles. The van der Waals surface area contributed by atoms with Gasteiger partial charge in [-0.15, -0.1) is 0 Å². The van der Waals surface area contributed by atoms with Gasteiger partial charge >= 0.3 is 0 Å². The third-order valence-electron chi connectivity index (χ3n) is 3.63. The molecule has 21 heavy (non-hydrogen) atoms. The fourth-order valence-corrected chi connectivity index (χ4v) is 3.72. The first kappa shape index (κ1) is 16.3. The highest BCUT2D eigenvalue weighted by molar-refractivity contribution is 7.89. The molecule has 1 aliphatic rings. The molecule has 1 aliphatic heterocycles. The lowest BCUT2D eigenvalue weighted by molar-refractivity contribution is 0.00859. The van der Waals surface area contributed by atoms with Gasteiger partial charge in [-0.1, -0.05) is 6.92 Å². The molecule has 0 aromatic carbocycles. The van der Waals surface area contributed by atoms with Crippen LogP contribution in [-0.4, -0.2) is 48.8 Å². The number of aromatic nitrogens is 2. The Hall–Kier alpha value is -1.12. The van der Waals surface area contributed by atoms with Crippen LogP contribution in [0.4, 0.5) is 5.82 Å². The second kappa shape index (κ2) is 6.76. The van der Waals surface area contributed by atoms with Crippen LogP contribution in [0, 0.1) is 0 Å². The third-order valence-corrected chi connectivity index (χ3v) is 5.47. The van der Waals surface area contributed by atoms with Crippen molar-refractivity contribution in [3.05, 3.63) is 6.20 Å². The summed E-state index contributed by atoms with van der Waals surface area (Å²) in [6, 6.07) is 0. The highest BCUT2D eigenvalue weighted by Gasteiger charge is 2.28. The van der Waals surface area contributed by atoms with Gasteiger partial charge in [0.25, 0.3) is 0 Å². The smallest absolute Gasteiger partial charge is 0.248 e. The van der Waals surface area contributed by atoms with Crippen LogP contribution in [0.5, 0.6) is 0 Å². The molecule has 1 saturated heterocycles. The molecule has 7 nitrogen and oxygen atoms in total. The van der Waals surface area contributed by atoms with Gasteiger partial charge in [0.2, 0.25) is 10.0 Å². The molecule has 8 heteroatoms. The summed E-state index contributed by atoms with van der Waals surface area (Å²) in [7, 11) is -2.06. The summed E-state index contributed by atoms with van der Waals surface area (Å²) in [6.07, 6.45) is 5.35. The zero-order valence-electron chi connectivity index (χ0n) is 12.7. The highest BCUT2D eigenvalue weighted by Crippen LogP contribution is 2.22. The number of rotatable bonds is 6. The van der Waals surface area contributed by atoms with Crippen molar-refractivity contribution in [3.8, 4) is 0 Å². The van der Waals surface area contributed by atoms with E-state index in [1.165, 1.54) is 10.5 Å². The standard InChI is InChI=1S/C13H24N4O3S/c1-3-7-17-10-12(13(14)15-17)21(18,19)16(2)9-11-6-4-5-8-20-11/h10-11H,3-9H2,1-2H3,(H2,14,15). The maximum atomic E-state index is 12.6. The van der Waals surface area contributed by atoms with Crippen LogP contribution in [0.2, 0.25) is 0 Å². The van der Waals surface area contributed by atoms with Crippen LogP contribution < -0.4 is 5.73 Å². The summed E-state index contributed by atoms with van der Waals surface area (Å²) in [6.45, 7) is 3.70. The minimum atomic E-state index is -3.62. The van der Waals surface area contributed by atoms with E-state index in [-0.39, 0.29) is 16.8 Å². The van der Waals surface area contributed by atoms with E-state index in [0.717, 1.165) is 25.7 Å². The summed E-state index contributed by atoms with van der Waals surface area (Å²) in [5.74, 6) is 0.0554. The number of aryl methyl sites for hydroxylation is 1. The predicted octanol–water partition coefficient (Wildman–Crippen LogP) is 1.06. The molecule has 120 valence electrons. The number of ether oxygens (including phenoxy) is 1. The zero-order chi connectivity index (χ0) is 15.5. The first-order valence-corrected chi connectivity index (χ1v) is 8.80. The first-order chi connectivity index (χ1) is 9.95. The van der Waals surface area contributed by atoms with Gasteiger partial charge in [-0.3, -0.25) is 4.68 Å². The minimum absolute atomic E-state index is 0.0366. The molecular weight excluding hydrogens is 292 g/mol. The van der Waals surface area contributed by atoms with Gasteiger partial charge in [-0.25, -0.2) is 8.42 Å². The van der Waals surface area contributed by atoms with Gasteiger partial charge in [0, 0.05) is 32.9 Å². The summed E-state index contributed by atoms with van der Waals surface area (Å²) in [5.41, 5.74) is 5.76. The molecule has 2 heterocycles. The lowest BCUT2D eigenvalue weighted by Crippen LogP contribution is -2.37. The number of sulfonamides is 1. The van der Waals surface area contributed by atoms with E-state index in [4.69, 9.17) is 10.5 Å². The minimum Gasteiger partial charge on any atom is -0.381 e. The molecule has 1 fully saturated rings. The van der Waals surface area contributed by atoms with E-state index in [9.17, 15) is 8.42 Å². The van der Waals surface area contributed by atoms with Crippen molar-refractivity contribution in [1.29, 1.82) is 0 Å². The fraction of sp³-hybridized carbons (Fsp3) is 0.769. The molecule has 1 aromatic rings. The number of hydrogen-bond donors (Lipinski definition) is 1. The van der Waals surface area contributed by atoms with Crippen LogP contribution in [0.1, 0.15) is 32.6 Å². The Morgan fingerprint density at radius 1 is 1.52 bits per heavy atom. The fourth-order valence-electron chi connectivity index (χ4n) is 2.46. The van der Waals surface area contributed by atoms with Crippen LogP contribution in [0.25, 0.3) is 0 Å². The topological polar surface area (TPSA) is 90.5 Å². The van der Waals surface area contributed by atoms with Crippen LogP contribution in [0.15, 0.2) is 11.1 Å². The number of likely N-dealkylation sites (N-methyl/N-ethyl adjacent to an activating group) is 1. The Labute approximate surface area is 126 Å². The number of nitrogens with two attached hydrogens (primary N) is 1. The largest absolute Gasteiger partial charge is 0.381 e. The molecular formula is C13H24N4O3S. The normalized spacial score (nSPS) is 20.0. The monoisotopic (exact) mass is 316 g/mol. The second-order valence-electron chi connectivity index (χ2n) is 5.42. The molecule has 1 unspecified atom stereocenters. The van der Waals surface area contributed by atoms with Gasteiger partial charge < -0.3 is 10.5 Å². The number of hydrogen-bond acceptors (Lipinski definition) is 5. The maximum Gasteiger partial charge on any atom is 0.248 e. The van der Waals surface area contributed by atoms with Gasteiger partial charge in [0.15, 0.2) is 5.82 Å². The molecule has 1 atom stereocenters. The van der Waals surface area contributed by atoms with E-state index in [1.54, 1.807) is 11.7 Å². The maximum absolute atomic E-state index is 12.6. The molecule has 2 N–H and O–H groups in total. The van der Waals surface area contributed by atoms with E-state index < -0.39 is 10.0 Å². The van der Waals surface area contributed by atoms with Crippen molar-refractivity contribution in [2.45, 2.75) is 50.2 Å². The first-order valence-electron chi connectivity index (χ1n) is 7.36. The van der Waals surface area contributed by atoms with Crippen molar-refractivity contribution < 1.29 is 13.2 Å². The zero-order valence-corrected chi connectivity index (χ0v) is 13.5. The number of nitrogen functional groups attached to an aromatic ring is 1. The summed E-state index contributed by atoms with van der Waals surface area (Å²) in [4.78, 5) is 0.0780. The molecule has 0 amide bonds. The van der Waals surface area contributed by atoms with Gasteiger partial charge in [-0.2, -0.15) is 9.40 Å². The lowest BCUT2D eigenvalue weighted by Gasteiger charge is -2.26. The average Bonchev–Trinajstić information content (AvgIpc) is 2.82. The van der Waals surface area contributed by atoms with Crippen molar-refractivity contribution in [3.63, 3.8) is 0 Å². The van der Waals surface area contributed by atoms with Crippen molar-refractivity contribution in [2.75, 3.05) is 25.9 Å². The predicted molar refractivity (Wildman–Crippen MR) is 80.3 cm³/mol. The Bertz CT molecular complexity index is 564. The Balaban J connectivity index is 2.12. The highest BCUT2D eigenvalue weighted by atomic mass is 32.2. The van der Waals surface area contributed by atoms with Crippen molar-refractivity contribution in [2.24, 2.45) is 0 Å². The van der Waals surface area contributed by atoms with E-state index in [1.807, 2.05) is 6.92 Å². The molecule has 0 aliphatic carbocycles. The van der Waals surface area contributed by atoms with Crippen LogP contribution in [0.3, 0.4) is 0 Å². The number of anilines is 1. The molecule has 2 rings (SSSR count). The quantitative estimate of drug-likeness (QED) is 0.847. The lowest BCUT2D eigenvalue weighted by atomic mass is 10.1. The van der Waals surface area contributed by atoms with Crippen LogP contribution in [-0.2, 0) is 21.3 Å². The third kappa shape index (κ3) is 3.75. The second-order valence-corrected chi connectivity index (χ2v) is 7.43. The van der Waals surface area contributed by atoms with E-state index >= 15 is 0 Å². The Kier molecular flexibility index (Phi) is 5.23. The Morgan fingerprint density at radius 3 is 2.90 bits per heavy atom. The summed E-state index contributed by atoms with van der Waals surface area (Å²) < 4.78 is 33.6. The van der Waals surface area contributed by atoms with Crippen molar-refractivity contribution >= 4 is 15.8 Å². The van der Waals surface area contributed by atoms with Gasteiger partial charge in [0.05, 0.1) is 6.10 Å². The van der Waals surface area contributed by atoms with Crippen molar-refractivity contribution in [1.82, 2.24) is 14.1 Å². The van der Waals surface area contributed by atoms with Gasteiger partial charge in [-0.05, 0) is 25.7 Å². The molecule has 0 spiro atoms. The van der Waals surface area contributed by atoms with E-state index in [2.05, 4.69) is 5.10 Å². The Morgan fingerprint density at radius 2 is 2.29 bits per heavy atom. The number of nitrogens with zero attached hydrogens (tertiary/aromatic N) is 3. The average molecular weight is 316 g/mol. The molecule has 0 bridgehead atoms. The molecule has 0 saturated carbocycles. The summed E-state index contributed by atoms with van der Waals surface area (Å²) >= 11 is 0. The van der Waals surface area contributed by atoms with Gasteiger partial charge in [0.1, 0.15) is 4.90 Å². The SMILES string of the molecule is CCCn1cc(S(=O)(=O)N(C)CC2CCCCO2)c(N)n1. The summed E-state index contributed by atoms with van der Waals surface area (Å²) in [5, 5.41) is 4.05. The molecule has 0 radical (unpaired) electrons. The van der Waals surface area contributed by atoms with E-state index in [0.29, 0.717) is 19.7 Å².